The minimum Gasteiger partial charge on any atom is -0.352 e. The first-order valence-corrected chi connectivity index (χ1v) is 7.18. The molecule has 0 saturated carbocycles. The van der Waals surface area contributed by atoms with Crippen LogP contribution in [0.1, 0.15) is 27.0 Å². The number of fused-ring (bicyclic) bond motifs is 1. The number of rotatable bonds is 4. The van der Waals surface area contributed by atoms with Crippen LogP contribution in [-0.4, -0.2) is 29.0 Å². The normalized spacial score (nSPS) is 13.5. The number of carbonyl (C=O) groups excluding carboxylic acids is 1. The Morgan fingerprint density at radius 2 is 2.10 bits per heavy atom. The van der Waals surface area contributed by atoms with E-state index < -0.39 is 0 Å². The summed E-state index contributed by atoms with van der Waals surface area (Å²) in [7, 11) is 0. The van der Waals surface area contributed by atoms with Gasteiger partial charge in [0.15, 0.2) is 0 Å². The molecule has 21 heavy (non-hydrogen) atoms. The third-order valence-corrected chi connectivity index (χ3v) is 3.71. The number of aromatic nitrogens is 2. The van der Waals surface area contributed by atoms with Crippen molar-refractivity contribution in [1.82, 2.24) is 20.6 Å². The average Bonchev–Trinajstić information content (AvgIpc) is 2.55. The number of nitrogens with zero attached hydrogens (tertiary/aromatic N) is 2. The fourth-order valence-electron chi connectivity index (χ4n) is 2.58. The molecular formula is C16H18N4O. The molecule has 0 saturated heterocycles. The van der Waals surface area contributed by atoms with Crippen molar-refractivity contribution in [3.63, 3.8) is 0 Å². The Kier molecular flexibility index (Phi) is 4.21. The molecule has 0 unspecified atom stereocenters. The maximum Gasteiger partial charge on any atom is 0.253 e. The molecule has 1 amide bonds. The highest BCUT2D eigenvalue weighted by Gasteiger charge is 2.17. The van der Waals surface area contributed by atoms with Gasteiger partial charge in [0.1, 0.15) is 0 Å². The van der Waals surface area contributed by atoms with E-state index in [2.05, 4.69) is 20.6 Å². The van der Waals surface area contributed by atoms with Gasteiger partial charge in [0, 0.05) is 37.9 Å². The van der Waals surface area contributed by atoms with Crippen molar-refractivity contribution in [3.8, 4) is 0 Å². The molecule has 1 aliphatic rings. The van der Waals surface area contributed by atoms with E-state index in [0.29, 0.717) is 12.1 Å². The van der Waals surface area contributed by atoms with Gasteiger partial charge in [-0.25, -0.2) is 0 Å². The molecule has 3 heterocycles. The second kappa shape index (κ2) is 6.45. The predicted octanol–water partition coefficient (Wildman–Crippen LogP) is 1.09. The lowest BCUT2D eigenvalue weighted by Crippen LogP contribution is -2.30. The van der Waals surface area contributed by atoms with Gasteiger partial charge in [-0.05, 0) is 48.2 Å². The van der Waals surface area contributed by atoms with Crippen molar-refractivity contribution < 1.29 is 4.79 Å². The molecule has 2 N–H and O–H groups in total. The lowest BCUT2D eigenvalue weighted by Gasteiger charge is -2.19. The summed E-state index contributed by atoms with van der Waals surface area (Å²) in [5, 5.41) is 6.27. The first-order valence-electron chi connectivity index (χ1n) is 7.18. The van der Waals surface area contributed by atoms with Crippen LogP contribution in [0.15, 0.2) is 36.9 Å². The molecule has 0 atom stereocenters. The van der Waals surface area contributed by atoms with Gasteiger partial charge in [-0.1, -0.05) is 0 Å². The van der Waals surface area contributed by atoms with Gasteiger partial charge in [0.05, 0.1) is 5.56 Å². The first kappa shape index (κ1) is 13.7. The molecule has 0 spiro atoms. The predicted molar refractivity (Wildman–Crippen MR) is 79.9 cm³/mol. The Morgan fingerprint density at radius 1 is 1.24 bits per heavy atom. The van der Waals surface area contributed by atoms with E-state index in [9.17, 15) is 4.79 Å². The Labute approximate surface area is 123 Å². The van der Waals surface area contributed by atoms with Crippen molar-refractivity contribution in [1.29, 1.82) is 0 Å². The molecule has 0 aliphatic carbocycles. The lowest BCUT2D eigenvalue weighted by molar-refractivity contribution is 0.0952. The number of nitrogens with one attached hydrogen (secondary N) is 2. The summed E-state index contributed by atoms with van der Waals surface area (Å²) in [6.07, 6.45) is 8.73. The van der Waals surface area contributed by atoms with Gasteiger partial charge in [0.2, 0.25) is 0 Å². The van der Waals surface area contributed by atoms with Crippen LogP contribution in [0.5, 0.6) is 0 Å². The van der Waals surface area contributed by atoms with Crippen LogP contribution < -0.4 is 10.6 Å². The highest BCUT2D eigenvalue weighted by molar-refractivity contribution is 5.95. The topological polar surface area (TPSA) is 66.9 Å². The molecule has 0 radical (unpaired) electrons. The summed E-state index contributed by atoms with van der Waals surface area (Å²) in [6.45, 7) is 2.32. The van der Waals surface area contributed by atoms with Crippen LogP contribution in [0.25, 0.3) is 0 Å². The Bertz CT molecular complexity index is 627. The number of hydrogen-bond donors (Lipinski definition) is 2. The molecule has 108 valence electrons. The van der Waals surface area contributed by atoms with Crippen molar-refractivity contribution in [2.24, 2.45) is 0 Å². The van der Waals surface area contributed by atoms with Gasteiger partial charge in [-0.15, -0.1) is 0 Å². The largest absolute Gasteiger partial charge is 0.352 e. The van der Waals surface area contributed by atoms with E-state index in [-0.39, 0.29) is 5.91 Å². The molecule has 3 rings (SSSR count). The van der Waals surface area contributed by atoms with Crippen molar-refractivity contribution in [2.45, 2.75) is 19.4 Å². The fraction of sp³-hybridized carbons (Fsp3) is 0.312. The van der Waals surface area contributed by atoms with Gasteiger partial charge in [-0.2, -0.15) is 0 Å². The fourth-order valence-corrected chi connectivity index (χ4v) is 2.58. The molecule has 2 aromatic rings. The maximum absolute atomic E-state index is 12.3. The van der Waals surface area contributed by atoms with E-state index in [0.717, 1.165) is 37.1 Å². The summed E-state index contributed by atoms with van der Waals surface area (Å²) in [5.74, 6) is -0.0321. The summed E-state index contributed by atoms with van der Waals surface area (Å²) in [6, 6.07) is 3.92. The summed E-state index contributed by atoms with van der Waals surface area (Å²) < 4.78 is 0. The number of amides is 1. The van der Waals surface area contributed by atoms with Crippen molar-refractivity contribution in [3.05, 3.63) is 59.2 Å². The molecular weight excluding hydrogens is 264 g/mol. The summed E-state index contributed by atoms with van der Waals surface area (Å²) in [4.78, 5) is 20.5. The van der Waals surface area contributed by atoms with Gasteiger partial charge < -0.3 is 10.6 Å². The molecule has 5 nitrogen and oxygen atoms in total. The van der Waals surface area contributed by atoms with Gasteiger partial charge >= 0.3 is 0 Å². The third kappa shape index (κ3) is 3.25. The van der Waals surface area contributed by atoms with E-state index >= 15 is 0 Å². The number of hydrogen-bond acceptors (Lipinski definition) is 4. The second-order valence-corrected chi connectivity index (χ2v) is 5.11. The van der Waals surface area contributed by atoms with Crippen LogP contribution in [0.4, 0.5) is 0 Å². The second-order valence-electron chi connectivity index (χ2n) is 5.11. The van der Waals surface area contributed by atoms with Crippen LogP contribution in [-0.2, 0) is 19.4 Å². The minimum absolute atomic E-state index is 0.0321. The molecule has 2 aromatic heterocycles. The standard InChI is InChI=1S/C16H18N4O/c21-16(20-8-3-12-1-5-17-6-2-12)15-11-19-10-13-9-18-7-4-14(13)15/h1-2,5-6,10-11,18H,3-4,7-9H2,(H,20,21). The van der Waals surface area contributed by atoms with Gasteiger partial charge in [-0.3, -0.25) is 14.8 Å². The molecule has 0 fully saturated rings. The SMILES string of the molecule is O=C(NCCc1ccncc1)c1cncc2c1CCNC2. The minimum atomic E-state index is -0.0321. The zero-order valence-electron chi connectivity index (χ0n) is 11.8. The Balaban J connectivity index is 1.63. The van der Waals surface area contributed by atoms with Crippen LogP contribution in [0.3, 0.4) is 0 Å². The monoisotopic (exact) mass is 282 g/mol. The number of carbonyl (C=O) groups is 1. The van der Waals surface area contributed by atoms with E-state index in [1.54, 1.807) is 18.6 Å². The number of pyridine rings is 2. The van der Waals surface area contributed by atoms with Crippen molar-refractivity contribution >= 4 is 5.91 Å². The maximum atomic E-state index is 12.3. The Morgan fingerprint density at radius 3 is 2.95 bits per heavy atom. The Hall–Kier alpha value is -2.27. The van der Waals surface area contributed by atoms with E-state index in [4.69, 9.17) is 0 Å². The highest BCUT2D eigenvalue weighted by Crippen LogP contribution is 2.17. The van der Waals surface area contributed by atoms with Crippen LogP contribution in [0, 0.1) is 0 Å². The zero-order chi connectivity index (χ0) is 14.5. The average molecular weight is 282 g/mol. The molecule has 0 aromatic carbocycles. The summed E-state index contributed by atoms with van der Waals surface area (Å²) >= 11 is 0. The molecule has 5 heteroatoms. The van der Waals surface area contributed by atoms with E-state index in [1.807, 2.05) is 18.3 Å². The molecule has 1 aliphatic heterocycles. The van der Waals surface area contributed by atoms with Gasteiger partial charge in [0.25, 0.3) is 5.91 Å². The highest BCUT2D eigenvalue weighted by atomic mass is 16.1. The lowest BCUT2D eigenvalue weighted by atomic mass is 9.98. The smallest absolute Gasteiger partial charge is 0.253 e. The first-order chi connectivity index (χ1) is 10.3. The quantitative estimate of drug-likeness (QED) is 0.881. The van der Waals surface area contributed by atoms with E-state index in [1.165, 1.54) is 5.56 Å². The van der Waals surface area contributed by atoms with Crippen LogP contribution >= 0.6 is 0 Å². The van der Waals surface area contributed by atoms with Crippen LogP contribution in [0.2, 0.25) is 0 Å². The zero-order valence-corrected chi connectivity index (χ0v) is 11.8. The third-order valence-electron chi connectivity index (χ3n) is 3.71. The van der Waals surface area contributed by atoms with Crippen molar-refractivity contribution in [2.75, 3.05) is 13.1 Å². The summed E-state index contributed by atoms with van der Waals surface area (Å²) in [5.41, 5.74) is 4.14. The molecule has 0 bridgehead atoms.